The van der Waals surface area contributed by atoms with E-state index >= 15 is 0 Å². The molecule has 0 heterocycles. The number of benzene rings is 1. The molecule has 1 aromatic rings. The summed E-state index contributed by atoms with van der Waals surface area (Å²) in [6.45, 7) is 5.69. The maximum Gasteiger partial charge on any atom is 0.137 e. The van der Waals surface area contributed by atoms with Crippen LogP contribution in [0.4, 0.5) is 0 Å². The van der Waals surface area contributed by atoms with E-state index in [1.165, 1.54) is 32.1 Å². The highest BCUT2D eigenvalue weighted by atomic mass is 16.5. The lowest BCUT2D eigenvalue weighted by molar-refractivity contribution is -0.950. The van der Waals surface area contributed by atoms with Gasteiger partial charge in [-0.1, -0.05) is 24.6 Å². The topological polar surface area (TPSA) is 33.9 Å². The van der Waals surface area contributed by atoms with E-state index in [1.54, 1.807) is 4.90 Å². The summed E-state index contributed by atoms with van der Waals surface area (Å²) in [5.41, 5.74) is 0. The Bertz CT molecular complexity index is 387. The zero-order valence-corrected chi connectivity index (χ0v) is 13.4. The largest absolute Gasteiger partial charge is 0.491 e. The summed E-state index contributed by atoms with van der Waals surface area (Å²) in [5, 5.41) is 10.3. The monoisotopic (exact) mass is 292 g/mol. The number of nitrogens with one attached hydrogen (secondary N) is 1. The minimum absolute atomic E-state index is 0.382. The smallest absolute Gasteiger partial charge is 0.137 e. The van der Waals surface area contributed by atoms with E-state index < -0.39 is 6.10 Å². The van der Waals surface area contributed by atoms with E-state index in [0.717, 1.165) is 12.3 Å². The van der Waals surface area contributed by atoms with Crippen molar-refractivity contribution in [2.75, 3.05) is 13.2 Å². The number of aliphatic hydroxyl groups excluding tert-OH is 1. The minimum Gasteiger partial charge on any atom is -0.491 e. The molecule has 2 N–H and O–H groups in total. The maximum absolute atomic E-state index is 10.3. The van der Waals surface area contributed by atoms with Gasteiger partial charge in [0.25, 0.3) is 0 Å². The van der Waals surface area contributed by atoms with E-state index in [4.69, 9.17) is 4.74 Å². The third-order valence-corrected chi connectivity index (χ3v) is 4.53. The van der Waals surface area contributed by atoms with Crippen LogP contribution in [-0.2, 0) is 0 Å². The first-order valence-corrected chi connectivity index (χ1v) is 8.38. The molecule has 2 atom stereocenters. The second-order valence-electron chi connectivity index (χ2n) is 6.55. The van der Waals surface area contributed by atoms with Crippen LogP contribution < -0.4 is 9.64 Å². The maximum atomic E-state index is 10.3. The van der Waals surface area contributed by atoms with Crippen LogP contribution in [0.1, 0.15) is 46.0 Å². The van der Waals surface area contributed by atoms with Crippen LogP contribution in [0.5, 0.6) is 5.75 Å². The molecule has 2 rings (SSSR count). The van der Waals surface area contributed by atoms with Crippen molar-refractivity contribution in [1.29, 1.82) is 0 Å². The van der Waals surface area contributed by atoms with Crippen LogP contribution >= 0.6 is 0 Å². The summed E-state index contributed by atoms with van der Waals surface area (Å²) in [5.74, 6) is 0.834. The fraction of sp³-hybridized carbons (Fsp3) is 0.667. The molecule has 1 saturated carbocycles. The molecule has 0 amide bonds. The predicted octanol–water partition coefficient (Wildman–Crippen LogP) is 2.05. The van der Waals surface area contributed by atoms with Crippen molar-refractivity contribution in [3.05, 3.63) is 30.3 Å². The van der Waals surface area contributed by atoms with E-state index in [9.17, 15) is 5.11 Å². The highest BCUT2D eigenvalue weighted by molar-refractivity contribution is 5.20. The van der Waals surface area contributed by atoms with Gasteiger partial charge >= 0.3 is 0 Å². The third kappa shape index (κ3) is 5.33. The number of ether oxygens (including phenoxy) is 1. The molecule has 0 aromatic heterocycles. The summed E-state index contributed by atoms with van der Waals surface area (Å²) < 4.78 is 5.67. The van der Waals surface area contributed by atoms with Crippen molar-refractivity contribution >= 4 is 0 Å². The lowest BCUT2D eigenvalue weighted by Crippen LogP contribution is -3.19. The predicted molar refractivity (Wildman–Crippen MR) is 85.8 cm³/mol. The quantitative estimate of drug-likeness (QED) is 0.806. The Hall–Kier alpha value is -1.06. The summed E-state index contributed by atoms with van der Waals surface area (Å²) in [6, 6.07) is 11.0. The van der Waals surface area contributed by atoms with Gasteiger partial charge in [0.1, 0.15) is 25.0 Å². The van der Waals surface area contributed by atoms with Crippen molar-refractivity contribution in [2.45, 2.75) is 64.1 Å². The zero-order valence-electron chi connectivity index (χ0n) is 13.4. The number of aliphatic hydroxyl groups is 1. The van der Waals surface area contributed by atoms with Gasteiger partial charge in [-0.25, -0.2) is 0 Å². The normalized spacial score (nSPS) is 19.4. The molecule has 3 heteroatoms. The molecule has 0 saturated heterocycles. The standard InChI is InChI=1S/C18H29NO2/c1-15(2)19(16-9-5-3-6-10-16)13-17(20)14-21-18-11-7-4-8-12-18/h4,7-8,11-12,15-17,20H,3,5-6,9-10,13-14H2,1-2H3/p+1/t17-/m1/s1. The minimum atomic E-state index is -0.399. The molecule has 118 valence electrons. The number of para-hydroxylation sites is 1. The second kappa shape index (κ2) is 8.40. The molecule has 1 fully saturated rings. The lowest BCUT2D eigenvalue weighted by atomic mass is 9.93. The van der Waals surface area contributed by atoms with Crippen LogP contribution in [0.3, 0.4) is 0 Å². The van der Waals surface area contributed by atoms with Gasteiger partial charge in [0.05, 0.1) is 12.1 Å². The Morgan fingerprint density at radius 1 is 1.14 bits per heavy atom. The fourth-order valence-corrected chi connectivity index (χ4v) is 3.39. The van der Waals surface area contributed by atoms with Crippen molar-refractivity contribution in [3.63, 3.8) is 0 Å². The Balaban J connectivity index is 1.81. The van der Waals surface area contributed by atoms with Crippen LogP contribution in [0.2, 0.25) is 0 Å². The first kappa shape index (κ1) is 16.3. The van der Waals surface area contributed by atoms with Gasteiger partial charge < -0.3 is 14.7 Å². The van der Waals surface area contributed by atoms with Gasteiger partial charge in [-0.2, -0.15) is 0 Å². The molecule has 21 heavy (non-hydrogen) atoms. The lowest BCUT2D eigenvalue weighted by Gasteiger charge is -2.35. The molecule has 1 aliphatic rings. The van der Waals surface area contributed by atoms with Crippen molar-refractivity contribution in [2.24, 2.45) is 0 Å². The molecular weight excluding hydrogens is 262 g/mol. The molecular formula is C18H30NO2+. The van der Waals surface area contributed by atoms with Crippen LogP contribution in [0, 0.1) is 0 Å². The summed E-state index contributed by atoms with van der Waals surface area (Å²) in [7, 11) is 0. The number of rotatable bonds is 7. The Morgan fingerprint density at radius 3 is 2.43 bits per heavy atom. The summed E-state index contributed by atoms with van der Waals surface area (Å²) >= 11 is 0. The molecule has 0 spiro atoms. The fourth-order valence-electron chi connectivity index (χ4n) is 3.39. The Kier molecular flexibility index (Phi) is 6.52. The highest BCUT2D eigenvalue weighted by Crippen LogP contribution is 2.16. The van der Waals surface area contributed by atoms with Gasteiger partial charge in [0, 0.05) is 0 Å². The number of hydrogen-bond donors (Lipinski definition) is 2. The first-order valence-electron chi connectivity index (χ1n) is 8.38. The molecule has 1 unspecified atom stereocenters. The van der Waals surface area contributed by atoms with Gasteiger partial charge in [-0.05, 0) is 51.7 Å². The first-order chi connectivity index (χ1) is 10.2. The zero-order chi connectivity index (χ0) is 15.1. The summed E-state index contributed by atoms with van der Waals surface area (Å²) in [6.07, 6.45) is 6.28. The van der Waals surface area contributed by atoms with Crippen molar-refractivity contribution in [1.82, 2.24) is 0 Å². The molecule has 0 aliphatic heterocycles. The van der Waals surface area contributed by atoms with Crippen LogP contribution in [0.25, 0.3) is 0 Å². The molecule has 1 aliphatic carbocycles. The molecule has 1 aromatic carbocycles. The van der Waals surface area contributed by atoms with Gasteiger partial charge in [0.2, 0.25) is 0 Å². The average molecular weight is 292 g/mol. The highest BCUT2D eigenvalue weighted by Gasteiger charge is 2.28. The van der Waals surface area contributed by atoms with Crippen molar-refractivity contribution in [3.8, 4) is 5.75 Å². The summed E-state index contributed by atoms with van der Waals surface area (Å²) in [4.78, 5) is 1.54. The molecule has 0 radical (unpaired) electrons. The number of hydrogen-bond acceptors (Lipinski definition) is 2. The van der Waals surface area contributed by atoms with Crippen molar-refractivity contribution < 1.29 is 14.7 Å². The average Bonchev–Trinajstić information content (AvgIpc) is 2.52. The van der Waals surface area contributed by atoms with Gasteiger partial charge in [0.15, 0.2) is 0 Å². The molecule has 3 nitrogen and oxygen atoms in total. The van der Waals surface area contributed by atoms with E-state index in [2.05, 4.69) is 13.8 Å². The Labute approximate surface area is 128 Å². The SMILES string of the molecule is CC(C)[NH+](C[C@@H](O)COc1ccccc1)C1CCCCC1. The van der Waals surface area contributed by atoms with Crippen LogP contribution in [0.15, 0.2) is 30.3 Å². The number of quaternary nitrogens is 1. The van der Waals surface area contributed by atoms with Gasteiger partial charge in [-0.3, -0.25) is 0 Å². The Morgan fingerprint density at radius 2 is 1.81 bits per heavy atom. The van der Waals surface area contributed by atoms with E-state index in [1.807, 2.05) is 30.3 Å². The van der Waals surface area contributed by atoms with Gasteiger partial charge in [-0.15, -0.1) is 0 Å². The van der Waals surface area contributed by atoms with E-state index in [-0.39, 0.29) is 0 Å². The molecule has 0 bridgehead atoms. The third-order valence-electron chi connectivity index (χ3n) is 4.53. The second-order valence-corrected chi connectivity index (χ2v) is 6.55. The van der Waals surface area contributed by atoms with E-state index in [0.29, 0.717) is 18.7 Å². The van der Waals surface area contributed by atoms with Crippen LogP contribution in [-0.4, -0.2) is 36.4 Å².